The van der Waals surface area contributed by atoms with Crippen molar-refractivity contribution >= 4 is 30.1 Å². The molecule has 0 aromatic heterocycles. The van der Waals surface area contributed by atoms with Crippen LogP contribution in [0.15, 0.2) is 48.6 Å². The highest BCUT2D eigenvalue weighted by atomic mass is 16.6. The van der Waals surface area contributed by atoms with Crippen LogP contribution in [0.4, 0.5) is 0 Å². The number of aromatic hydroxyl groups is 4. The van der Waals surface area contributed by atoms with Crippen LogP contribution in [0.2, 0.25) is 0 Å². The average molecular weight is 573 g/mol. The summed E-state index contributed by atoms with van der Waals surface area (Å²) in [4.78, 5) is 37.8. The van der Waals surface area contributed by atoms with Crippen LogP contribution in [0.5, 0.6) is 23.0 Å². The minimum Gasteiger partial charge on any atom is -0.504 e. The van der Waals surface area contributed by atoms with Gasteiger partial charge in [-0.2, -0.15) is 0 Å². The molecular formula is C29H32O12. The van der Waals surface area contributed by atoms with Crippen molar-refractivity contribution in [1.82, 2.24) is 0 Å². The van der Waals surface area contributed by atoms with Crippen LogP contribution < -0.4 is 0 Å². The van der Waals surface area contributed by atoms with Crippen molar-refractivity contribution in [2.75, 3.05) is 6.61 Å². The Morgan fingerprint density at radius 3 is 1.71 bits per heavy atom. The molecule has 1 saturated carbocycles. The number of benzene rings is 2. The van der Waals surface area contributed by atoms with E-state index in [1.165, 1.54) is 48.6 Å². The molecule has 0 spiro atoms. The smallest absolute Gasteiger partial charge is 0.338 e. The number of phenols is 4. The van der Waals surface area contributed by atoms with Crippen molar-refractivity contribution < 1.29 is 59.2 Å². The molecule has 2 atom stereocenters. The molecule has 0 heterocycles. The van der Waals surface area contributed by atoms with E-state index in [1.54, 1.807) is 0 Å². The number of hydrogen-bond acceptors (Lipinski definition) is 12. The molecule has 3 rings (SSSR count). The molecule has 1 aliphatic carbocycles. The summed E-state index contributed by atoms with van der Waals surface area (Å²) < 4.78 is 15.8. The van der Waals surface area contributed by atoms with Gasteiger partial charge >= 0.3 is 17.9 Å². The summed E-state index contributed by atoms with van der Waals surface area (Å²) in [6.45, 7) is 1.91. The summed E-state index contributed by atoms with van der Waals surface area (Å²) in [6, 6.07) is 7.66. The third-order valence-electron chi connectivity index (χ3n) is 6.31. The molecule has 1 aliphatic rings. The number of esters is 3. The SMILES string of the molecule is CCCCOC(=O)C1(O)C[C@@H](OC(=O)/C=C/c2ccc(O)c(O)c2)C(O)[C@H](OC(=O)/C=C/c2ccc(O)c(O)c2)C1. The predicted octanol–water partition coefficient (Wildman–Crippen LogP) is 2.29. The second-order valence-electron chi connectivity index (χ2n) is 9.53. The zero-order valence-corrected chi connectivity index (χ0v) is 22.2. The Balaban J connectivity index is 1.76. The largest absolute Gasteiger partial charge is 0.504 e. The van der Waals surface area contributed by atoms with Crippen molar-refractivity contribution in [2.45, 2.75) is 56.5 Å². The molecule has 0 radical (unpaired) electrons. The van der Waals surface area contributed by atoms with Crippen LogP contribution in [-0.4, -0.2) is 79.1 Å². The van der Waals surface area contributed by atoms with Gasteiger partial charge in [-0.25, -0.2) is 14.4 Å². The van der Waals surface area contributed by atoms with Crippen LogP contribution in [0.1, 0.15) is 43.7 Å². The monoisotopic (exact) mass is 572 g/mol. The Morgan fingerprint density at radius 2 is 1.29 bits per heavy atom. The van der Waals surface area contributed by atoms with Gasteiger partial charge in [0.15, 0.2) is 28.6 Å². The lowest BCUT2D eigenvalue weighted by atomic mass is 9.79. The van der Waals surface area contributed by atoms with E-state index in [-0.39, 0.29) is 18.1 Å². The number of carbonyl (C=O) groups excluding carboxylic acids is 3. The van der Waals surface area contributed by atoms with E-state index in [9.17, 15) is 45.0 Å². The van der Waals surface area contributed by atoms with Crippen molar-refractivity contribution in [3.63, 3.8) is 0 Å². The van der Waals surface area contributed by atoms with Crippen LogP contribution >= 0.6 is 0 Å². The van der Waals surface area contributed by atoms with Crippen molar-refractivity contribution in [2.24, 2.45) is 0 Å². The Kier molecular flexibility index (Phi) is 10.3. The molecule has 41 heavy (non-hydrogen) atoms. The molecule has 12 nitrogen and oxygen atoms in total. The van der Waals surface area contributed by atoms with E-state index in [0.29, 0.717) is 17.5 Å². The lowest BCUT2D eigenvalue weighted by Gasteiger charge is -2.41. The molecule has 0 saturated heterocycles. The fourth-order valence-corrected chi connectivity index (χ4v) is 4.06. The second kappa shape index (κ2) is 13.7. The predicted molar refractivity (Wildman–Crippen MR) is 143 cm³/mol. The van der Waals surface area contributed by atoms with E-state index < -0.39 is 66.2 Å². The highest BCUT2D eigenvalue weighted by molar-refractivity contribution is 5.88. The normalized spacial score (nSPS) is 22.5. The van der Waals surface area contributed by atoms with Crippen LogP contribution in [-0.2, 0) is 28.6 Å². The third-order valence-corrected chi connectivity index (χ3v) is 6.31. The highest BCUT2D eigenvalue weighted by Gasteiger charge is 2.53. The van der Waals surface area contributed by atoms with Gasteiger partial charge in [0, 0.05) is 25.0 Å². The van der Waals surface area contributed by atoms with Crippen molar-refractivity contribution in [1.29, 1.82) is 0 Å². The maximum atomic E-state index is 12.8. The fraction of sp³-hybridized carbons (Fsp3) is 0.345. The first-order valence-corrected chi connectivity index (χ1v) is 12.8. The molecule has 2 aromatic rings. The first-order chi connectivity index (χ1) is 19.4. The average Bonchev–Trinajstić information content (AvgIpc) is 2.92. The van der Waals surface area contributed by atoms with Gasteiger partial charge in [0.25, 0.3) is 0 Å². The number of aliphatic hydroxyl groups is 2. The van der Waals surface area contributed by atoms with Gasteiger partial charge in [-0.3, -0.25) is 0 Å². The van der Waals surface area contributed by atoms with E-state index in [2.05, 4.69) is 0 Å². The molecule has 0 bridgehead atoms. The molecule has 6 N–H and O–H groups in total. The number of ether oxygens (including phenoxy) is 3. The first kappa shape index (κ1) is 31.0. The van der Waals surface area contributed by atoms with E-state index in [4.69, 9.17) is 14.2 Å². The Hall–Kier alpha value is -4.55. The topological polar surface area (TPSA) is 200 Å². The maximum absolute atomic E-state index is 12.8. The molecule has 12 heteroatoms. The lowest BCUT2D eigenvalue weighted by Crippen LogP contribution is -2.58. The molecule has 220 valence electrons. The van der Waals surface area contributed by atoms with E-state index in [1.807, 2.05) is 6.92 Å². The number of rotatable bonds is 10. The van der Waals surface area contributed by atoms with Gasteiger partial charge in [-0.1, -0.05) is 25.5 Å². The third kappa shape index (κ3) is 8.47. The van der Waals surface area contributed by atoms with Gasteiger partial charge in [0.2, 0.25) is 0 Å². The summed E-state index contributed by atoms with van der Waals surface area (Å²) in [7, 11) is 0. The van der Waals surface area contributed by atoms with Gasteiger partial charge in [0.05, 0.1) is 6.61 Å². The summed E-state index contributed by atoms with van der Waals surface area (Å²) in [6.07, 6.45) is 0.107. The standard InChI is InChI=1S/C29H32O12/c1-2-3-12-39-28(37)29(38)15-23(40-25(34)10-6-17-4-8-19(30)21(32)13-17)27(36)24(16-29)41-26(35)11-7-18-5-9-20(31)22(33)14-18/h4-11,13-14,23-24,27,30-33,36,38H,2-3,12,15-16H2,1H3/b10-6+,11-7+/t23-,24-,27?,29?/m1/s1. The van der Waals surface area contributed by atoms with Gasteiger partial charge in [0.1, 0.15) is 18.3 Å². The maximum Gasteiger partial charge on any atom is 0.338 e. The Labute approximate surface area is 235 Å². The van der Waals surface area contributed by atoms with Gasteiger partial charge in [-0.15, -0.1) is 0 Å². The van der Waals surface area contributed by atoms with Gasteiger partial charge in [-0.05, 0) is 54.0 Å². The molecule has 0 amide bonds. The molecular weight excluding hydrogens is 540 g/mol. The van der Waals surface area contributed by atoms with Crippen molar-refractivity contribution in [3.8, 4) is 23.0 Å². The van der Waals surface area contributed by atoms with Gasteiger partial charge < -0.3 is 44.8 Å². The number of hydrogen-bond donors (Lipinski definition) is 6. The summed E-state index contributed by atoms with van der Waals surface area (Å²) in [5, 5.41) is 60.1. The Bertz CT molecular complexity index is 1230. The molecule has 2 aromatic carbocycles. The van der Waals surface area contributed by atoms with E-state index >= 15 is 0 Å². The fourth-order valence-electron chi connectivity index (χ4n) is 4.06. The molecule has 0 unspecified atom stereocenters. The van der Waals surface area contributed by atoms with Crippen LogP contribution in [0, 0.1) is 0 Å². The highest BCUT2D eigenvalue weighted by Crippen LogP contribution is 2.34. The lowest BCUT2D eigenvalue weighted by molar-refractivity contribution is -0.206. The molecule has 0 aliphatic heterocycles. The summed E-state index contributed by atoms with van der Waals surface area (Å²) >= 11 is 0. The zero-order valence-electron chi connectivity index (χ0n) is 22.2. The first-order valence-electron chi connectivity index (χ1n) is 12.8. The number of unbranched alkanes of at least 4 members (excludes halogenated alkanes) is 1. The quantitative estimate of drug-likeness (QED) is 0.0799. The minimum atomic E-state index is -2.25. The summed E-state index contributed by atoms with van der Waals surface area (Å²) in [5.74, 6) is -4.48. The van der Waals surface area contributed by atoms with E-state index in [0.717, 1.165) is 18.6 Å². The van der Waals surface area contributed by atoms with Crippen LogP contribution in [0.3, 0.4) is 0 Å². The minimum absolute atomic E-state index is 0.0273. The zero-order chi connectivity index (χ0) is 30.2. The van der Waals surface area contributed by atoms with Crippen LogP contribution in [0.25, 0.3) is 12.2 Å². The number of phenolic OH excluding ortho intramolecular Hbond substituents is 4. The molecule has 1 fully saturated rings. The number of carbonyl (C=O) groups is 3. The Morgan fingerprint density at radius 1 is 0.829 bits per heavy atom. The number of aliphatic hydroxyl groups excluding tert-OH is 1. The second-order valence-corrected chi connectivity index (χ2v) is 9.53. The van der Waals surface area contributed by atoms with Crippen molar-refractivity contribution in [3.05, 3.63) is 59.7 Å². The summed E-state index contributed by atoms with van der Waals surface area (Å²) in [5.41, 5.74) is -1.56.